The lowest BCUT2D eigenvalue weighted by Crippen LogP contribution is -2.32. The van der Waals surface area contributed by atoms with E-state index in [4.69, 9.17) is 5.21 Å². The van der Waals surface area contributed by atoms with E-state index in [0.29, 0.717) is 0 Å². The molecule has 1 aromatic heterocycles. The third-order valence-electron chi connectivity index (χ3n) is 3.93. The lowest BCUT2D eigenvalue weighted by atomic mass is 9.99. The van der Waals surface area contributed by atoms with Crippen molar-refractivity contribution in [1.82, 2.24) is 9.78 Å². The fraction of sp³-hybridized carbons (Fsp3) is 0.375. The van der Waals surface area contributed by atoms with Crippen molar-refractivity contribution in [2.45, 2.75) is 33.4 Å². The minimum atomic E-state index is 0.757. The first-order valence-electron chi connectivity index (χ1n) is 7.31. The summed E-state index contributed by atoms with van der Waals surface area (Å²) >= 11 is 0. The molecule has 0 aliphatic carbocycles. The summed E-state index contributed by atoms with van der Waals surface area (Å²) in [4.78, 5) is 2.33. The van der Waals surface area contributed by atoms with E-state index in [-0.39, 0.29) is 0 Å². The summed E-state index contributed by atoms with van der Waals surface area (Å²) in [5, 5.41) is 17.1. The summed E-state index contributed by atoms with van der Waals surface area (Å²) in [5.74, 6) is 0. The zero-order valence-electron chi connectivity index (χ0n) is 12.5. The Hall–Kier alpha value is -2.30. The Morgan fingerprint density at radius 3 is 2.90 bits per heavy atom. The third kappa shape index (κ3) is 2.51. The van der Waals surface area contributed by atoms with Gasteiger partial charge >= 0.3 is 0 Å². The van der Waals surface area contributed by atoms with Crippen LogP contribution in [0.3, 0.4) is 0 Å². The third-order valence-corrected chi connectivity index (χ3v) is 3.93. The summed E-state index contributed by atoms with van der Waals surface area (Å²) in [5.41, 5.74) is 5.18. The van der Waals surface area contributed by atoms with Gasteiger partial charge in [0.05, 0.1) is 23.6 Å². The van der Waals surface area contributed by atoms with E-state index < -0.39 is 0 Å². The molecular formula is C16H20N4O. The molecule has 2 aromatic rings. The molecule has 1 aromatic carbocycles. The standard InChI is InChI=1S/C16H20N4O/c1-3-20-13(10-12(2)17-20)11-19-9-8-15(18-21)14-6-4-5-7-16(14)19/h4-7,10,21H,3,8-9,11H2,1-2H3. The van der Waals surface area contributed by atoms with Crippen LogP contribution >= 0.6 is 0 Å². The maximum atomic E-state index is 9.15. The molecular weight excluding hydrogens is 264 g/mol. The van der Waals surface area contributed by atoms with Crippen LogP contribution in [0.4, 0.5) is 5.69 Å². The van der Waals surface area contributed by atoms with Gasteiger partial charge in [0.2, 0.25) is 0 Å². The highest BCUT2D eigenvalue weighted by Gasteiger charge is 2.22. The van der Waals surface area contributed by atoms with E-state index in [1.807, 2.05) is 29.8 Å². The monoisotopic (exact) mass is 284 g/mol. The van der Waals surface area contributed by atoms with Gasteiger partial charge in [-0.1, -0.05) is 23.4 Å². The maximum absolute atomic E-state index is 9.15. The van der Waals surface area contributed by atoms with Crippen LogP contribution in [0.15, 0.2) is 35.5 Å². The van der Waals surface area contributed by atoms with Crippen molar-refractivity contribution in [3.8, 4) is 0 Å². The van der Waals surface area contributed by atoms with Crippen LogP contribution in [0, 0.1) is 6.92 Å². The summed E-state index contributed by atoms with van der Waals surface area (Å²) in [6.45, 7) is 6.68. The molecule has 0 saturated carbocycles. The van der Waals surface area contributed by atoms with Gasteiger partial charge in [-0.2, -0.15) is 5.10 Å². The predicted molar refractivity (Wildman–Crippen MR) is 83.1 cm³/mol. The molecule has 0 atom stereocenters. The topological polar surface area (TPSA) is 53.7 Å². The normalized spacial score (nSPS) is 16.3. The average Bonchev–Trinajstić information content (AvgIpc) is 2.87. The van der Waals surface area contributed by atoms with E-state index in [2.05, 4.69) is 34.2 Å². The molecule has 0 spiro atoms. The second-order valence-electron chi connectivity index (χ2n) is 5.33. The van der Waals surface area contributed by atoms with Gasteiger partial charge in [0.15, 0.2) is 0 Å². The molecule has 5 heteroatoms. The van der Waals surface area contributed by atoms with Crippen LogP contribution in [0.1, 0.15) is 30.3 Å². The number of aryl methyl sites for hydroxylation is 2. The Kier molecular flexibility index (Phi) is 3.64. The smallest absolute Gasteiger partial charge is 0.0906 e. The molecule has 1 aliphatic rings. The highest BCUT2D eigenvalue weighted by atomic mass is 16.4. The summed E-state index contributed by atoms with van der Waals surface area (Å²) < 4.78 is 2.05. The molecule has 21 heavy (non-hydrogen) atoms. The first-order chi connectivity index (χ1) is 10.2. The first kappa shape index (κ1) is 13.7. The van der Waals surface area contributed by atoms with Crippen molar-refractivity contribution in [3.63, 3.8) is 0 Å². The summed E-state index contributed by atoms with van der Waals surface area (Å²) in [6, 6.07) is 10.2. The maximum Gasteiger partial charge on any atom is 0.0906 e. The molecule has 0 saturated heterocycles. The van der Waals surface area contributed by atoms with Crippen molar-refractivity contribution in [2.75, 3.05) is 11.4 Å². The number of anilines is 1. The van der Waals surface area contributed by atoms with Gasteiger partial charge in [0, 0.05) is 30.8 Å². The van der Waals surface area contributed by atoms with Crippen molar-refractivity contribution < 1.29 is 5.21 Å². The van der Waals surface area contributed by atoms with E-state index in [1.54, 1.807) is 0 Å². The van der Waals surface area contributed by atoms with Gasteiger partial charge in [-0.15, -0.1) is 0 Å². The largest absolute Gasteiger partial charge is 0.411 e. The Morgan fingerprint density at radius 1 is 1.33 bits per heavy atom. The van der Waals surface area contributed by atoms with Gasteiger partial charge in [-0.25, -0.2) is 0 Å². The number of aromatic nitrogens is 2. The number of hydrogen-bond acceptors (Lipinski definition) is 4. The fourth-order valence-corrected chi connectivity index (χ4v) is 2.95. The minimum Gasteiger partial charge on any atom is -0.411 e. The van der Waals surface area contributed by atoms with Gasteiger partial charge in [-0.05, 0) is 26.0 Å². The lowest BCUT2D eigenvalue weighted by molar-refractivity contribution is 0.317. The number of oxime groups is 1. The van der Waals surface area contributed by atoms with Crippen LogP contribution in [-0.4, -0.2) is 27.2 Å². The van der Waals surface area contributed by atoms with E-state index in [1.165, 1.54) is 5.69 Å². The molecule has 110 valence electrons. The van der Waals surface area contributed by atoms with Gasteiger partial charge in [0.1, 0.15) is 0 Å². The van der Waals surface area contributed by atoms with Gasteiger partial charge < -0.3 is 10.1 Å². The SMILES string of the molecule is CCn1nc(C)cc1CN1CCC(=NO)c2ccccc21. The lowest BCUT2D eigenvalue weighted by Gasteiger charge is -2.31. The zero-order valence-corrected chi connectivity index (χ0v) is 12.5. The van der Waals surface area contributed by atoms with Crippen LogP contribution in [0.5, 0.6) is 0 Å². The van der Waals surface area contributed by atoms with Crippen LogP contribution in [0.25, 0.3) is 0 Å². The molecule has 1 aliphatic heterocycles. The fourth-order valence-electron chi connectivity index (χ4n) is 2.95. The average molecular weight is 284 g/mol. The summed E-state index contributed by atoms with van der Waals surface area (Å²) in [7, 11) is 0. The molecule has 0 unspecified atom stereocenters. The number of hydrogen-bond donors (Lipinski definition) is 1. The second-order valence-corrected chi connectivity index (χ2v) is 5.33. The quantitative estimate of drug-likeness (QED) is 0.696. The molecule has 3 rings (SSSR count). The van der Waals surface area contributed by atoms with E-state index in [0.717, 1.165) is 48.7 Å². The number of nitrogens with zero attached hydrogens (tertiary/aromatic N) is 4. The predicted octanol–water partition coefficient (Wildman–Crippen LogP) is 2.80. The van der Waals surface area contributed by atoms with Crippen LogP contribution in [0.2, 0.25) is 0 Å². The van der Waals surface area contributed by atoms with E-state index >= 15 is 0 Å². The summed E-state index contributed by atoms with van der Waals surface area (Å²) in [6.07, 6.45) is 0.757. The molecule has 0 amide bonds. The Bertz CT molecular complexity index is 675. The molecule has 1 N–H and O–H groups in total. The molecule has 0 bridgehead atoms. The van der Waals surface area contributed by atoms with Crippen molar-refractivity contribution in [2.24, 2.45) is 5.16 Å². The highest BCUT2D eigenvalue weighted by molar-refractivity contribution is 6.06. The number of fused-ring (bicyclic) bond motifs is 1. The molecule has 2 heterocycles. The second kappa shape index (κ2) is 5.60. The van der Waals surface area contributed by atoms with Crippen LogP contribution in [-0.2, 0) is 13.1 Å². The number of rotatable bonds is 3. The van der Waals surface area contributed by atoms with Crippen molar-refractivity contribution in [1.29, 1.82) is 0 Å². The molecule has 5 nitrogen and oxygen atoms in total. The zero-order chi connectivity index (χ0) is 14.8. The first-order valence-corrected chi connectivity index (χ1v) is 7.31. The Morgan fingerprint density at radius 2 is 2.14 bits per heavy atom. The van der Waals surface area contributed by atoms with Gasteiger partial charge in [-0.3, -0.25) is 4.68 Å². The highest BCUT2D eigenvalue weighted by Crippen LogP contribution is 2.28. The van der Waals surface area contributed by atoms with Crippen molar-refractivity contribution >= 4 is 11.4 Å². The number of para-hydroxylation sites is 1. The van der Waals surface area contributed by atoms with Crippen LogP contribution < -0.4 is 4.90 Å². The molecule has 0 radical (unpaired) electrons. The van der Waals surface area contributed by atoms with Gasteiger partial charge in [0.25, 0.3) is 0 Å². The Labute approximate surface area is 124 Å². The van der Waals surface area contributed by atoms with E-state index in [9.17, 15) is 0 Å². The van der Waals surface area contributed by atoms with Crippen molar-refractivity contribution in [3.05, 3.63) is 47.3 Å². The Balaban J connectivity index is 1.93. The molecule has 0 fully saturated rings. The number of benzene rings is 1. The minimum absolute atomic E-state index is 0.757.